The first-order valence-corrected chi connectivity index (χ1v) is 18.4. The van der Waals surface area contributed by atoms with Crippen molar-refractivity contribution in [3.8, 4) is 28.4 Å². The van der Waals surface area contributed by atoms with Crippen LogP contribution in [0.1, 0.15) is 18.4 Å². The predicted molar refractivity (Wildman–Crippen MR) is 204 cm³/mol. The second kappa shape index (κ2) is 17.9. The number of thioether (sulfide) groups is 1. The fraction of sp³-hybridized carbons (Fsp3) is 0.308. The maximum atomic E-state index is 14.2. The van der Waals surface area contributed by atoms with E-state index >= 15 is 0 Å². The topological polar surface area (TPSA) is 126 Å². The van der Waals surface area contributed by atoms with Crippen molar-refractivity contribution in [2.45, 2.75) is 18.1 Å². The zero-order valence-corrected chi connectivity index (χ0v) is 30.1. The Morgan fingerprint density at radius 2 is 1.83 bits per heavy atom. The molecule has 4 heterocycles. The van der Waals surface area contributed by atoms with Gasteiger partial charge in [-0.2, -0.15) is 16.9 Å². The number of nitrogens with zero attached hydrogens (tertiary/aromatic N) is 5. The van der Waals surface area contributed by atoms with E-state index in [0.717, 1.165) is 48.3 Å². The molecule has 270 valence electrons. The summed E-state index contributed by atoms with van der Waals surface area (Å²) >= 11 is 1.91. The number of amides is 2. The molecule has 5 aromatic rings. The Hall–Kier alpha value is -5.11. The summed E-state index contributed by atoms with van der Waals surface area (Å²) in [4.78, 5) is 36.1. The van der Waals surface area contributed by atoms with Crippen LogP contribution < -0.4 is 10.1 Å². The number of nitrogens with one attached hydrogen (secondary N) is 2. The molecule has 0 spiro atoms. The highest BCUT2D eigenvalue weighted by atomic mass is 32.2. The van der Waals surface area contributed by atoms with Gasteiger partial charge in [-0.1, -0.05) is 30.3 Å². The van der Waals surface area contributed by atoms with Crippen molar-refractivity contribution < 1.29 is 23.5 Å². The van der Waals surface area contributed by atoms with Crippen LogP contribution in [0, 0.1) is 5.82 Å². The zero-order chi connectivity index (χ0) is 36.3. The van der Waals surface area contributed by atoms with Crippen LogP contribution in [-0.2, 0) is 14.3 Å². The Balaban J connectivity index is 0.000000181. The summed E-state index contributed by atoms with van der Waals surface area (Å²) in [5, 5.41) is 11.2. The van der Waals surface area contributed by atoms with Crippen LogP contribution in [0.3, 0.4) is 0 Å². The van der Waals surface area contributed by atoms with Crippen LogP contribution in [0.15, 0.2) is 85.2 Å². The molecular formula is C39H42FN7O4S. The summed E-state index contributed by atoms with van der Waals surface area (Å²) in [6, 6.07) is 20.2. The van der Waals surface area contributed by atoms with Gasteiger partial charge in [-0.05, 0) is 79.2 Å². The van der Waals surface area contributed by atoms with E-state index in [0.29, 0.717) is 48.3 Å². The number of hydrogen-bond donors (Lipinski definition) is 2. The average molecular weight is 724 g/mol. The number of rotatable bonds is 12. The van der Waals surface area contributed by atoms with Crippen molar-refractivity contribution in [3.05, 3.63) is 96.6 Å². The van der Waals surface area contributed by atoms with E-state index in [1.807, 2.05) is 22.7 Å². The fourth-order valence-electron chi connectivity index (χ4n) is 6.26. The molecule has 2 aliphatic rings. The number of hydrogen-bond acceptors (Lipinski definition) is 9. The van der Waals surface area contributed by atoms with Gasteiger partial charge in [0, 0.05) is 66.6 Å². The number of benzene rings is 3. The third-order valence-corrected chi connectivity index (χ3v) is 10.2. The maximum Gasteiger partial charge on any atom is 0.237 e. The minimum atomic E-state index is -0.470. The molecule has 2 aromatic heterocycles. The first-order valence-electron chi connectivity index (χ1n) is 17.2. The van der Waals surface area contributed by atoms with Crippen LogP contribution in [0.2, 0.25) is 0 Å². The van der Waals surface area contributed by atoms with E-state index < -0.39 is 5.82 Å². The van der Waals surface area contributed by atoms with Crippen LogP contribution in [0.5, 0.6) is 5.75 Å². The highest BCUT2D eigenvalue weighted by molar-refractivity contribution is 7.99. The van der Waals surface area contributed by atoms with Gasteiger partial charge in [-0.15, -0.1) is 0 Å². The first kappa shape index (κ1) is 36.7. The molecule has 0 saturated carbocycles. The maximum absolute atomic E-state index is 14.2. The van der Waals surface area contributed by atoms with Crippen LogP contribution in [-0.4, -0.2) is 107 Å². The Kier molecular flexibility index (Phi) is 12.6. The largest absolute Gasteiger partial charge is 0.488 e. The first-order chi connectivity index (χ1) is 25.4. The van der Waals surface area contributed by atoms with Crippen molar-refractivity contribution >= 4 is 46.2 Å². The summed E-state index contributed by atoms with van der Waals surface area (Å²) in [5.41, 5.74) is 6.19. The lowest BCUT2D eigenvalue weighted by molar-refractivity contribution is -0.131. The molecule has 2 amide bonds. The minimum absolute atomic E-state index is 0.166. The number of likely N-dealkylation sites (tertiary alicyclic amines) is 1. The van der Waals surface area contributed by atoms with Gasteiger partial charge in [0.15, 0.2) is 17.4 Å². The fourth-order valence-corrected chi connectivity index (χ4v) is 6.96. The van der Waals surface area contributed by atoms with Crippen LogP contribution in [0.25, 0.3) is 39.1 Å². The molecular weight excluding hydrogens is 682 g/mol. The molecule has 13 heteroatoms. The average Bonchev–Trinajstić information content (AvgIpc) is 3.83. The molecule has 7 rings (SSSR count). The van der Waals surface area contributed by atoms with E-state index in [4.69, 9.17) is 9.47 Å². The molecule has 0 bridgehead atoms. The predicted octanol–water partition coefficient (Wildman–Crippen LogP) is 6.16. The minimum Gasteiger partial charge on any atom is -0.488 e. The number of ether oxygens (including phenoxy) is 2. The number of carbonyl (C=O) groups excluding carboxylic acids is 2. The Morgan fingerprint density at radius 3 is 2.52 bits per heavy atom. The SMILES string of the molecule is COCCOc1ccc(-c2n[nH]c3ccc(NC=O)cc23)cc1F.CSC1CCN(CC(=O)N2CC=C(c3ccc(-c4ncccn4)cc3)CC2)C1. The molecule has 52 heavy (non-hydrogen) atoms. The van der Waals surface area contributed by atoms with Gasteiger partial charge in [-0.3, -0.25) is 19.6 Å². The summed E-state index contributed by atoms with van der Waals surface area (Å²) in [6.45, 7) is 4.82. The van der Waals surface area contributed by atoms with E-state index in [2.05, 4.69) is 67.0 Å². The number of methoxy groups -OCH3 is 1. The lowest BCUT2D eigenvalue weighted by atomic mass is 9.98. The smallest absolute Gasteiger partial charge is 0.237 e. The van der Waals surface area contributed by atoms with Crippen molar-refractivity contribution in [1.29, 1.82) is 0 Å². The molecule has 1 fully saturated rings. The number of carbonyl (C=O) groups is 2. The molecule has 0 radical (unpaired) electrons. The van der Waals surface area contributed by atoms with Gasteiger partial charge in [0.2, 0.25) is 12.3 Å². The highest BCUT2D eigenvalue weighted by Crippen LogP contribution is 2.31. The van der Waals surface area contributed by atoms with Crippen LogP contribution in [0.4, 0.5) is 10.1 Å². The zero-order valence-electron chi connectivity index (χ0n) is 29.3. The Bertz CT molecular complexity index is 1990. The molecule has 2 N–H and O–H groups in total. The number of halogens is 1. The number of anilines is 1. The normalized spacial score (nSPS) is 15.9. The second-order valence-corrected chi connectivity index (χ2v) is 13.6. The number of H-pyrrole nitrogens is 1. The van der Waals surface area contributed by atoms with Gasteiger partial charge in [0.25, 0.3) is 0 Å². The molecule has 1 saturated heterocycles. The molecule has 1 unspecified atom stereocenters. The quantitative estimate of drug-likeness (QED) is 0.115. The van der Waals surface area contributed by atoms with E-state index in [-0.39, 0.29) is 18.3 Å². The van der Waals surface area contributed by atoms with Gasteiger partial charge in [-0.25, -0.2) is 14.4 Å². The number of aromatic nitrogens is 4. The Labute approximate surface area is 306 Å². The monoisotopic (exact) mass is 723 g/mol. The van der Waals surface area contributed by atoms with Crippen molar-refractivity contribution in [3.63, 3.8) is 0 Å². The van der Waals surface area contributed by atoms with Crippen molar-refractivity contribution in [2.75, 3.05) is 64.6 Å². The molecule has 3 aromatic carbocycles. The van der Waals surface area contributed by atoms with Gasteiger partial charge < -0.3 is 19.7 Å². The van der Waals surface area contributed by atoms with Crippen molar-refractivity contribution in [2.24, 2.45) is 0 Å². The standard InChI is InChI=1S/C22H26N4OS.C17H16FN3O3/c1-28-20-9-12-25(15-20)16-21(27)26-13-7-18(8-14-26)17-3-5-19(6-4-17)22-23-10-2-11-24-22;1-23-6-7-24-16-5-2-11(8-14(16)18)17-13-9-12(19-10-22)3-4-15(13)20-21-17/h2-7,10-11,20H,8-9,12-16H2,1H3;2-5,8-10H,6-7H2,1H3,(H,19,22)(H,20,21). The Morgan fingerprint density at radius 1 is 1.04 bits per heavy atom. The van der Waals surface area contributed by atoms with Gasteiger partial charge >= 0.3 is 0 Å². The lowest BCUT2D eigenvalue weighted by Crippen LogP contribution is -2.41. The third-order valence-electron chi connectivity index (χ3n) is 9.10. The number of aromatic amines is 1. The van der Waals surface area contributed by atoms with Crippen LogP contribution >= 0.6 is 11.8 Å². The molecule has 2 aliphatic heterocycles. The van der Waals surface area contributed by atoms with Gasteiger partial charge in [0.1, 0.15) is 12.3 Å². The number of fused-ring (bicyclic) bond motifs is 1. The summed E-state index contributed by atoms with van der Waals surface area (Å²) in [7, 11) is 1.55. The second-order valence-electron chi connectivity index (χ2n) is 12.4. The van der Waals surface area contributed by atoms with E-state index in [9.17, 15) is 14.0 Å². The van der Waals surface area contributed by atoms with E-state index in [1.54, 1.807) is 49.8 Å². The molecule has 0 aliphatic carbocycles. The summed E-state index contributed by atoms with van der Waals surface area (Å²) < 4.78 is 24.4. The highest BCUT2D eigenvalue weighted by Gasteiger charge is 2.26. The summed E-state index contributed by atoms with van der Waals surface area (Å²) in [6.07, 6.45) is 10.6. The van der Waals surface area contributed by atoms with E-state index in [1.165, 1.54) is 23.6 Å². The van der Waals surface area contributed by atoms with Crippen molar-refractivity contribution in [1.82, 2.24) is 30.0 Å². The summed E-state index contributed by atoms with van der Waals surface area (Å²) in [5.74, 6) is 0.698. The molecule has 11 nitrogen and oxygen atoms in total. The molecule has 1 atom stereocenters. The van der Waals surface area contributed by atoms with Gasteiger partial charge in [0.05, 0.1) is 18.7 Å². The lowest BCUT2D eigenvalue weighted by Gasteiger charge is -2.28. The third kappa shape index (κ3) is 9.21.